The van der Waals surface area contributed by atoms with E-state index >= 15 is 0 Å². The number of benzene rings is 1. The van der Waals surface area contributed by atoms with Crippen LogP contribution in [0.2, 0.25) is 0 Å². The van der Waals surface area contributed by atoms with Crippen LogP contribution in [-0.2, 0) is 16.1 Å². The summed E-state index contributed by atoms with van der Waals surface area (Å²) >= 11 is 3.32. The van der Waals surface area contributed by atoms with Gasteiger partial charge in [-0.1, -0.05) is 13.0 Å². The van der Waals surface area contributed by atoms with E-state index in [1.807, 2.05) is 19.1 Å². The van der Waals surface area contributed by atoms with Crippen LogP contribution in [0.5, 0.6) is 0 Å². The molecule has 40 heavy (non-hydrogen) atoms. The summed E-state index contributed by atoms with van der Waals surface area (Å²) in [5, 5.41) is 7.85. The molecule has 4 aromatic rings. The normalized spacial score (nSPS) is 21.4. The van der Waals surface area contributed by atoms with Crippen LogP contribution in [0.4, 0.5) is 5.82 Å². The fourth-order valence-electron chi connectivity index (χ4n) is 5.79. The Kier molecular flexibility index (Phi) is 6.17. The van der Waals surface area contributed by atoms with E-state index in [-0.39, 0.29) is 35.5 Å². The molecule has 3 aromatic heterocycles. The van der Waals surface area contributed by atoms with Crippen molar-refractivity contribution in [2.24, 2.45) is 11.1 Å². The molecule has 0 radical (unpaired) electrons. The largest absolute Gasteiger partial charge is 0.364 e. The minimum absolute atomic E-state index is 0.0297. The third kappa shape index (κ3) is 4.51. The fourth-order valence-corrected chi connectivity index (χ4v) is 6.13. The van der Waals surface area contributed by atoms with E-state index in [1.54, 1.807) is 42.4 Å². The molecule has 3 atom stereocenters. The van der Waals surface area contributed by atoms with E-state index in [9.17, 15) is 14.4 Å². The molecule has 3 N–H and O–H groups in total. The lowest BCUT2D eigenvalue weighted by Crippen LogP contribution is -2.46. The van der Waals surface area contributed by atoms with E-state index in [0.717, 1.165) is 23.1 Å². The lowest BCUT2D eigenvalue weighted by molar-refractivity contribution is -0.138. The Morgan fingerprint density at radius 2 is 1.88 bits per heavy atom. The molecule has 1 aromatic carbocycles. The predicted molar refractivity (Wildman–Crippen MR) is 151 cm³/mol. The number of piperidine rings is 1. The van der Waals surface area contributed by atoms with Gasteiger partial charge in [-0.2, -0.15) is 5.10 Å². The molecule has 204 valence electrons. The first kappa shape index (κ1) is 26.1. The van der Waals surface area contributed by atoms with Gasteiger partial charge in [0.15, 0.2) is 5.69 Å². The van der Waals surface area contributed by atoms with Crippen LogP contribution in [0.1, 0.15) is 41.6 Å². The quantitative estimate of drug-likeness (QED) is 0.321. The number of carbonyl (C=O) groups is 3. The summed E-state index contributed by atoms with van der Waals surface area (Å²) in [5.74, 6) is -0.157. The van der Waals surface area contributed by atoms with Gasteiger partial charge in [0, 0.05) is 29.4 Å². The van der Waals surface area contributed by atoms with Crippen LogP contribution in [0, 0.1) is 19.3 Å². The van der Waals surface area contributed by atoms with Gasteiger partial charge >= 0.3 is 0 Å². The number of likely N-dealkylation sites (tertiary alicyclic amines) is 1. The summed E-state index contributed by atoms with van der Waals surface area (Å²) in [6.07, 6.45) is 4.84. The number of amides is 3. The molecule has 1 aliphatic carbocycles. The lowest BCUT2D eigenvalue weighted by Gasteiger charge is -2.27. The van der Waals surface area contributed by atoms with Crippen LogP contribution in [0.3, 0.4) is 0 Å². The molecule has 0 unspecified atom stereocenters. The van der Waals surface area contributed by atoms with Crippen molar-refractivity contribution in [3.8, 4) is 11.1 Å². The molecule has 1 aliphatic heterocycles. The van der Waals surface area contributed by atoms with Crippen molar-refractivity contribution in [3.63, 3.8) is 0 Å². The van der Waals surface area contributed by atoms with Crippen LogP contribution in [-0.4, -0.2) is 59.4 Å². The molecule has 4 heterocycles. The van der Waals surface area contributed by atoms with Gasteiger partial charge in [0.1, 0.15) is 28.8 Å². The minimum Gasteiger partial charge on any atom is -0.364 e. The molecule has 0 spiro atoms. The number of nitrogens with zero attached hydrogens (tertiary/aromatic N) is 6. The predicted octanol–water partition coefficient (Wildman–Crippen LogP) is 3.38. The lowest BCUT2D eigenvalue weighted by atomic mass is 10.0. The van der Waals surface area contributed by atoms with Gasteiger partial charge in [-0.15, -0.1) is 0 Å². The van der Waals surface area contributed by atoms with Gasteiger partial charge < -0.3 is 16.0 Å². The average molecular weight is 603 g/mol. The third-order valence-electron chi connectivity index (χ3n) is 7.86. The number of fused-ring (bicyclic) bond motifs is 2. The number of halogens is 1. The first-order valence-corrected chi connectivity index (χ1v) is 13.7. The number of hydrogen-bond acceptors (Lipinski definition) is 7. The van der Waals surface area contributed by atoms with Gasteiger partial charge in [-0.3, -0.25) is 19.1 Å². The van der Waals surface area contributed by atoms with Crippen molar-refractivity contribution in [3.05, 3.63) is 64.4 Å². The number of aromatic nitrogens is 5. The zero-order valence-corrected chi connectivity index (χ0v) is 23.8. The summed E-state index contributed by atoms with van der Waals surface area (Å²) < 4.78 is 2.12. The highest BCUT2D eigenvalue weighted by molar-refractivity contribution is 9.10. The molecule has 3 amide bonds. The van der Waals surface area contributed by atoms with Crippen molar-refractivity contribution in [1.29, 1.82) is 0 Å². The van der Waals surface area contributed by atoms with Gasteiger partial charge in [-0.05, 0) is 83.4 Å². The molecule has 2 aliphatic rings. The third-order valence-corrected chi connectivity index (χ3v) is 8.30. The van der Waals surface area contributed by atoms with E-state index in [1.165, 1.54) is 4.68 Å². The summed E-state index contributed by atoms with van der Waals surface area (Å²) in [4.78, 5) is 54.0. The van der Waals surface area contributed by atoms with Crippen LogP contribution < -0.4 is 11.1 Å². The second kappa shape index (κ2) is 9.47. The second-order valence-corrected chi connectivity index (χ2v) is 11.6. The Labute approximate surface area is 238 Å². The Balaban J connectivity index is 1.32. The van der Waals surface area contributed by atoms with Crippen molar-refractivity contribution in [2.45, 2.75) is 52.2 Å². The standard InChI is InChI=1S/C28H27BrN8O3/c1-14-7-16(17-11-31-15(2)32-12-17)8-18-24(26(30)39)35-36(25(14)18)13-23(38)37-19(9-28(3)10-20(28)37)27(40)34-22-6-4-5-21(29)33-22/h4-8,11-12,19-20H,9-10,13H2,1-3H3,(H2,30,39)(H,33,34,40)/t19-,20+,28-/m0/s1. The Hall–Kier alpha value is -4.19. The Morgan fingerprint density at radius 1 is 1.12 bits per heavy atom. The van der Waals surface area contributed by atoms with E-state index in [2.05, 4.69) is 48.2 Å². The van der Waals surface area contributed by atoms with Crippen molar-refractivity contribution >= 4 is 50.4 Å². The molecule has 12 heteroatoms. The highest BCUT2D eigenvalue weighted by Gasteiger charge is 2.64. The van der Waals surface area contributed by atoms with E-state index < -0.39 is 11.9 Å². The maximum Gasteiger partial charge on any atom is 0.269 e. The SMILES string of the molecule is Cc1ncc(-c2cc(C)c3c(c2)c(C(N)=O)nn3CC(=O)N2[C@H](C(=O)Nc3cccc(Br)n3)C[C@@]3(C)C[C@@H]23)cn1. The topological polar surface area (TPSA) is 149 Å². The van der Waals surface area contributed by atoms with Crippen molar-refractivity contribution < 1.29 is 14.4 Å². The molecular formula is C28H27BrN8O3. The van der Waals surface area contributed by atoms with E-state index in [0.29, 0.717) is 33.6 Å². The molecule has 6 rings (SSSR count). The van der Waals surface area contributed by atoms with Crippen LogP contribution >= 0.6 is 15.9 Å². The van der Waals surface area contributed by atoms with E-state index in [4.69, 9.17) is 5.73 Å². The van der Waals surface area contributed by atoms with Crippen LogP contribution in [0.15, 0.2) is 47.3 Å². The zero-order chi connectivity index (χ0) is 28.3. The summed E-state index contributed by atoms with van der Waals surface area (Å²) in [6.45, 7) is 5.66. The maximum atomic E-state index is 13.8. The maximum absolute atomic E-state index is 13.8. The number of nitrogens with two attached hydrogens (primary N) is 1. The summed E-state index contributed by atoms with van der Waals surface area (Å²) in [6, 6.07) is 8.35. The van der Waals surface area contributed by atoms with Gasteiger partial charge in [0.2, 0.25) is 11.8 Å². The second-order valence-electron chi connectivity index (χ2n) is 10.8. The van der Waals surface area contributed by atoms with Crippen LogP contribution in [0.25, 0.3) is 22.0 Å². The molecule has 2 fully saturated rings. The molecule has 0 bridgehead atoms. The smallest absolute Gasteiger partial charge is 0.269 e. The minimum atomic E-state index is -0.692. The zero-order valence-electron chi connectivity index (χ0n) is 22.2. The molecule has 11 nitrogen and oxygen atoms in total. The average Bonchev–Trinajstić information content (AvgIpc) is 3.25. The number of primary amides is 1. The molecule has 1 saturated carbocycles. The Bertz CT molecular complexity index is 1700. The monoisotopic (exact) mass is 602 g/mol. The van der Waals surface area contributed by atoms with Gasteiger partial charge in [0.05, 0.1) is 5.52 Å². The number of rotatable bonds is 6. The Morgan fingerprint density at radius 3 is 2.58 bits per heavy atom. The number of pyridine rings is 1. The number of aryl methyl sites for hydroxylation is 2. The molecule has 1 saturated heterocycles. The number of nitrogens with one attached hydrogen (secondary N) is 1. The summed E-state index contributed by atoms with van der Waals surface area (Å²) in [5.41, 5.74) is 8.72. The summed E-state index contributed by atoms with van der Waals surface area (Å²) in [7, 11) is 0. The van der Waals surface area contributed by atoms with Gasteiger partial charge in [-0.25, -0.2) is 15.0 Å². The number of carbonyl (C=O) groups excluding carboxylic acids is 3. The highest BCUT2D eigenvalue weighted by atomic mass is 79.9. The van der Waals surface area contributed by atoms with Crippen molar-refractivity contribution in [2.75, 3.05) is 5.32 Å². The highest BCUT2D eigenvalue weighted by Crippen LogP contribution is 2.59. The first-order valence-electron chi connectivity index (χ1n) is 12.9. The fraction of sp³-hybridized carbons (Fsp3) is 0.321. The van der Waals surface area contributed by atoms with Crippen molar-refractivity contribution in [1.82, 2.24) is 29.6 Å². The number of hydrogen-bond donors (Lipinski definition) is 2. The first-order chi connectivity index (χ1) is 19.0. The number of anilines is 1. The van der Waals surface area contributed by atoms with Gasteiger partial charge in [0.25, 0.3) is 5.91 Å². The molecular weight excluding hydrogens is 576 g/mol.